The molecule has 0 aliphatic rings. The number of primary sulfonamides is 1. The number of aromatic nitrogens is 5. The molecule has 0 fully saturated rings. The molecule has 0 saturated heterocycles. The van der Waals surface area contributed by atoms with Crippen LogP contribution in [0.25, 0.3) is 10.7 Å². The molecule has 2 rings (SSSR count). The van der Waals surface area contributed by atoms with Gasteiger partial charge >= 0.3 is 0 Å². The molecule has 0 saturated carbocycles. The molecule has 2 aromatic rings. The molecule has 0 bridgehead atoms. The monoisotopic (exact) mass is 316 g/mol. The molecule has 0 radical (unpaired) electrons. The van der Waals surface area contributed by atoms with Crippen LogP contribution in [-0.2, 0) is 22.0 Å². The summed E-state index contributed by atoms with van der Waals surface area (Å²) in [5.41, 5.74) is 0.528. The molecular formula is C10H16N6O2S2. The van der Waals surface area contributed by atoms with Crippen LogP contribution in [0.1, 0.15) is 33.4 Å². The van der Waals surface area contributed by atoms with E-state index in [1.54, 1.807) is 6.92 Å². The van der Waals surface area contributed by atoms with Crippen molar-refractivity contribution < 1.29 is 8.42 Å². The normalized spacial score (nSPS) is 12.8. The fourth-order valence-electron chi connectivity index (χ4n) is 1.78. The molecule has 10 heteroatoms. The highest BCUT2D eigenvalue weighted by molar-refractivity contribution is 7.89. The van der Waals surface area contributed by atoms with E-state index in [0.29, 0.717) is 17.2 Å². The summed E-state index contributed by atoms with van der Waals surface area (Å²) in [5.74, 6) is 0.427. The third-order valence-corrected chi connectivity index (χ3v) is 4.22. The lowest BCUT2D eigenvalue weighted by Gasteiger charge is -2.16. The molecule has 0 aliphatic heterocycles. The maximum atomic E-state index is 11.5. The van der Waals surface area contributed by atoms with E-state index >= 15 is 0 Å². The molecule has 2 N–H and O–H groups in total. The van der Waals surface area contributed by atoms with E-state index in [9.17, 15) is 8.42 Å². The van der Waals surface area contributed by atoms with Gasteiger partial charge in [-0.2, -0.15) is 0 Å². The summed E-state index contributed by atoms with van der Waals surface area (Å²) < 4.78 is 28.4. The van der Waals surface area contributed by atoms with Crippen LogP contribution < -0.4 is 5.14 Å². The Morgan fingerprint density at radius 3 is 2.40 bits per heavy atom. The average molecular weight is 316 g/mol. The molecule has 2 aromatic heterocycles. The highest BCUT2D eigenvalue weighted by Crippen LogP contribution is 2.33. The Labute approximate surface area is 121 Å². The largest absolute Gasteiger partial charge is 0.296 e. The van der Waals surface area contributed by atoms with Crippen LogP contribution in [0.5, 0.6) is 0 Å². The zero-order valence-electron chi connectivity index (χ0n) is 11.7. The van der Waals surface area contributed by atoms with Gasteiger partial charge in [-0.3, -0.25) is 4.57 Å². The van der Waals surface area contributed by atoms with E-state index in [-0.39, 0.29) is 10.6 Å². The first-order chi connectivity index (χ1) is 9.16. The minimum Gasteiger partial charge on any atom is -0.296 e. The summed E-state index contributed by atoms with van der Waals surface area (Å²) in [7, 11) is -3.91. The van der Waals surface area contributed by atoms with Crippen LogP contribution >= 0.6 is 11.5 Å². The molecule has 20 heavy (non-hydrogen) atoms. The summed E-state index contributed by atoms with van der Waals surface area (Å²) in [6.07, 6.45) is 0. The molecule has 8 nitrogen and oxygen atoms in total. The Hall–Kier alpha value is -1.39. The van der Waals surface area contributed by atoms with Crippen LogP contribution in [0.15, 0.2) is 5.16 Å². The van der Waals surface area contributed by atoms with Gasteiger partial charge in [0.1, 0.15) is 4.88 Å². The Bertz CT molecular complexity index is 725. The molecule has 0 atom stereocenters. The zero-order valence-corrected chi connectivity index (χ0v) is 13.3. The number of rotatable bonds is 3. The van der Waals surface area contributed by atoms with Crippen molar-refractivity contribution in [2.45, 2.75) is 44.8 Å². The maximum absolute atomic E-state index is 11.5. The second-order valence-electron chi connectivity index (χ2n) is 5.30. The third kappa shape index (κ3) is 2.58. The fraction of sp³-hybridized carbons (Fsp3) is 0.600. The predicted molar refractivity (Wildman–Crippen MR) is 74.7 cm³/mol. The van der Waals surface area contributed by atoms with Gasteiger partial charge in [0.25, 0.3) is 15.2 Å². The fourth-order valence-corrected chi connectivity index (χ4v) is 3.33. The topological polar surface area (TPSA) is 117 Å². The lowest BCUT2D eigenvalue weighted by molar-refractivity contribution is 0.564. The number of hydrogen-bond donors (Lipinski definition) is 1. The summed E-state index contributed by atoms with van der Waals surface area (Å²) in [5, 5.41) is 16.7. The molecular weight excluding hydrogens is 300 g/mol. The van der Waals surface area contributed by atoms with Crippen LogP contribution in [0.3, 0.4) is 0 Å². The van der Waals surface area contributed by atoms with Crippen molar-refractivity contribution in [1.82, 2.24) is 24.4 Å². The lowest BCUT2D eigenvalue weighted by Crippen LogP contribution is -2.19. The minimum absolute atomic E-state index is 0.228. The first-order valence-corrected chi connectivity index (χ1v) is 8.27. The molecule has 0 aliphatic carbocycles. The van der Waals surface area contributed by atoms with E-state index in [2.05, 4.69) is 19.8 Å². The van der Waals surface area contributed by atoms with Crippen molar-refractivity contribution in [3.8, 4) is 10.7 Å². The van der Waals surface area contributed by atoms with E-state index in [4.69, 9.17) is 5.14 Å². The third-order valence-electron chi connectivity index (χ3n) is 2.69. The van der Waals surface area contributed by atoms with E-state index in [1.165, 1.54) is 4.57 Å². The molecule has 0 aromatic carbocycles. The SMILES string of the molecule is CCn1c(-c2snnc2C(C)(C)C)nnc1S(N)(=O)=O. The quantitative estimate of drug-likeness (QED) is 0.893. The highest BCUT2D eigenvalue weighted by Gasteiger charge is 2.28. The van der Waals surface area contributed by atoms with Gasteiger partial charge in [0, 0.05) is 12.0 Å². The molecule has 0 spiro atoms. The van der Waals surface area contributed by atoms with Crippen molar-refractivity contribution in [1.29, 1.82) is 0 Å². The summed E-state index contributed by atoms with van der Waals surface area (Å²) in [6.45, 7) is 8.18. The van der Waals surface area contributed by atoms with E-state index in [0.717, 1.165) is 17.2 Å². The lowest BCUT2D eigenvalue weighted by atomic mass is 9.91. The maximum Gasteiger partial charge on any atom is 0.273 e. The molecule has 2 heterocycles. The van der Waals surface area contributed by atoms with Crippen molar-refractivity contribution >= 4 is 21.6 Å². The van der Waals surface area contributed by atoms with E-state index in [1.807, 2.05) is 20.8 Å². The summed E-state index contributed by atoms with van der Waals surface area (Å²) in [4.78, 5) is 0.710. The van der Waals surface area contributed by atoms with Crippen molar-refractivity contribution in [2.24, 2.45) is 5.14 Å². The number of hydrogen-bond acceptors (Lipinski definition) is 7. The van der Waals surface area contributed by atoms with Crippen molar-refractivity contribution in [2.75, 3.05) is 0 Å². The Kier molecular flexibility index (Phi) is 3.65. The van der Waals surface area contributed by atoms with Gasteiger partial charge in [-0.25, -0.2) is 13.6 Å². The van der Waals surface area contributed by atoms with Gasteiger partial charge in [0.15, 0.2) is 5.82 Å². The van der Waals surface area contributed by atoms with Gasteiger partial charge in [0.05, 0.1) is 5.69 Å². The first-order valence-electron chi connectivity index (χ1n) is 5.95. The van der Waals surface area contributed by atoms with Crippen LogP contribution in [0, 0.1) is 0 Å². The highest BCUT2D eigenvalue weighted by atomic mass is 32.2. The van der Waals surface area contributed by atoms with Crippen molar-refractivity contribution in [3.05, 3.63) is 5.69 Å². The van der Waals surface area contributed by atoms with E-state index < -0.39 is 10.0 Å². The number of nitrogens with zero attached hydrogens (tertiary/aromatic N) is 5. The number of nitrogens with two attached hydrogens (primary N) is 1. The van der Waals surface area contributed by atoms with Gasteiger partial charge in [-0.05, 0) is 18.5 Å². The second kappa shape index (κ2) is 4.86. The van der Waals surface area contributed by atoms with Gasteiger partial charge in [0.2, 0.25) is 0 Å². The Morgan fingerprint density at radius 2 is 1.90 bits per heavy atom. The van der Waals surface area contributed by atoms with Crippen molar-refractivity contribution in [3.63, 3.8) is 0 Å². The minimum atomic E-state index is -3.91. The number of sulfonamides is 1. The Morgan fingerprint density at radius 1 is 1.25 bits per heavy atom. The average Bonchev–Trinajstić information content (AvgIpc) is 2.92. The predicted octanol–water partition coefficient (Wildman–Crippen LogP) is 0.761. The molecule has 0 unspecified atom stereocenters. The van der Waals surface area contributed by atoms with Gasteiger partial charge < -0.3 is 0 Å². The van der Waals surface area contributed by atoms with Crippen LogP contribution in [0.4, 0.5) is 0 Å². The molecule has 0 amide bonds. The zero-order chi connectivity index (χ0) is 15.1. The Balaban J connectivity index is 2.67. The molecule has 110 valence electrons. The summed E-state index contributed by atoms with van der Waals surface area (Å²) >= 11 is 1.16. The smallest absolute Gasteiger partial charge is 0.273 e. The van der Waals surface area contributed by atoms with Crippen LogP contribution in [-0.4, -0.2) is 32.8 Å². The van der Waals surface area contributed by atoms with Gasteiger partial charge in [-0.1, -0.05) is 25.3 Å². The van der Waals surface area contributed by atoms with Gasteiger partial charge in [-0.15, -0.1) is 15.3 Å². The first kappa shape index (κ1) is 15.0. The summed E-state index contributed by atoms with van der Waals surface area (Å²) in [6, 6.07) is 0. The second-order valence-corrected chi connectivity index (χ2v) is 7.51. The standard InChI is InChI=1S/C10H16N6O2S2/c1-5-16-8(13-14-9(16)20(11,17)18)6-7(10(2,3)4)12-15-19-6/h5H2,1-4H3,(H2,11,17,18). The van der Waals surface area contributed by atoms with Crippen LogP contribution in [0.2, 0.25) is 0 Å².